The number of aromatic amines is 1. The van der Waals surface area contributed by atoms with E-state index >= 15 is 0 Å². The fourth-order valence-electron chi connectivity index (χ4n) is 3.68. The van der Waals surface area contributed by atoms with Crippen LogP contribution >= 0.6 is 39.1 Å². The lowest BCUT2D eigenvalue weighted by molar-refractivity contribution is 0.341. The number of benzene rings is 1. The number of rotatable bonds is 4. The van der Waals surface area contributed by atoms with Crippen LogP contribution in [-0.2, 0) is 6.42 Å². The Morgan fingerprint density at radius 2 is 2.26 bits per heavy atom. The van der Waals surface area contributed by atoms with Crippen molar-refractivity contribution in [1.29, 1.82) is 5.26 Å². The van der Waals surface area contributed by atoms with Gasteiger partial charge < -0.3 is 4.74 Å². The van der Waals surface area contributed by atoms with Gasteiger partial charge >= 0.3 is 0 Å². The van der Waals surface area contributed by atoms with Gasteiger partial charge in [0.05, 0.1) is 21.9 Å². The molecule has 1 N–H and O–H groups in total. The lowest BCUT2D eigenvalue weighted by Gasteiger charge is -2.28. The van der Waals surface area contributed by atoms with Crippen molar-refractivity contribution >= 4 is 50.2 Å². The van der Waals surface area contributed by atoms with Crippen molar-refractivity contribution in [1.82, 2.24) is 15.2 Å². The van der Waals surface area contributed by atoms with Crippen LogP contribution in [0.5, 0.6) is 5.75 Å². The highest BCUT2D eigenvalue weighted by Gasteiger charge is 2.28. The zero-order valence-corrected chi connectivity index (χ0v) is 17.3. The molecule has 138 valence electrons. The number of halogens is 3. The Hall–Kier alpha value is -1.81. The van der Waals surface area contributed by atoms with E-state index in [1.165, 1.54) is 0 Å². The molecule has 0 fully saturated rings. The molecule has 0 amide bonds. The van der Waals surface area contributed by atoms with Gasteiger partial charge in [-0.1, -0.05) is 11.6 Å². The molecule has 0 spiro atoms. The number of ether oxygens (including phenoxy) is 1. The lowest BCUT2D eigenvalue weighted by atomic mass is 9.78. The molecule has 4 rings (SSSR count). The van der Waals surface area contributed by atoms with Crippen molar-refractivity contribution < 1.29 is 4.74 Å². The topological polar surface area (TPSA) is 74.6 Å². The minimum Gasteiger partial charge on any atom is -0.489 e. The summed E-state index contributed by atoms with van der Waals surface area (Å²) in [6.07, 6.45) is 4.70. The minimum atomic E-state index is 0.124. The molecule has 3 aromatic rings. The van der Waals surface area contributed by atoms with Crippen LogP contribution < -0.4 is 4.74 Å². The van der Waals surface area contributed by atoms with Gasteiger partial charge in [-0.3, -0.25) is 5.10 Å². The molecule has 0 saturated heterocycles. The first-order valence-electron chi connectivity index (χ1n) is 8.57. The standard InChI is InChI=1S/C19H15BrCl2N4O/c20-18-15-7-11(9-24-19(15)26-25-18)12-2-1-3-13-14(12)6-10(8-23)17(16(13)22)27-5-4-21/h6-7,9,12H,1-5H2,(H,24,25,26). The summed E-state index contributed by atoms with van der Waals surface area (Å²) in [5.74, 6) is 0.899. The van der Waals surface area contributed by atoms with E-state index < -0.39 is 0 Å². The van der Waals surface area contributed by atoms with E-state index in [0.717, 1.165) is 51.6 Å². The highest BCUT2D eigenvalue weighted by molar-refractivity contribution is 9.10. The van der Waals surface area contributed by atoms with Gasteiger partial charge in [0.25, 0.3) is 0 Å². The second kappa shape index (κ2) is 7.67. The van der Waals surface area contributed by atoms with Gasteiger partial charge in [-0.25, -0.2) is 4.98 Å². The van der Waals surface area contributed by atoms with E-state index in [0.29, 0.717) is 28.8 Å². The summed E-state index contributed by atoms with van der Waals surface area (Å²) >= 11 is 15.8. The molecule has 0 bridgehead atoms. The second-order valence-electron chi connectivity index (χ2n) is 6.41. The molecule has 1 unspecified atom stereocenters. The number of hydrogen-bond acceptors (Lipinski definition) is 4. The molecule has 5 nitrogen and oxygen atoms in total. The summed E-state index contributed by atoms with van der Waals surface area (Å²) in [6.45, 7) is 0.313. The van der Waals surface area contributed by atoms with Gasteiger partial charge in [0.2, 0.25) is 0 Å². The minimum absolute atomic E-state index is 0.124. The van der Waals surface area contributed by atoms with Crippen molar-refractivity contribution in [2.24, 2.45) is 0 Å². The smallest absolute Gasteiger partial charge is 0.156 e. The van der Waals surface area contributed by atoms with Gasteiger partial charge in [0.15, 0.2) is 11.4 Å². The molecule has 1 atom stereocenters. The van der Waals surface area contributed by atoms with Gasteiger partial charge in [0.1, 0.15) is 17.3 Å². The van der Waals surface area contributed by atoms with Crippen LogP contribution in [0.2, 0.25) is 5.02 Å². The van der Waals surface area contributed by atoms with E-state index in [9.17, 15) is 5.26 Å². The monoisotopic (exact) mass is 464 g/mol. The van der Waals surface area contributed by atoms with Gasteiger partial charge in [-0.2, -0.15) is 10.4 Å². The lowest BCUT2D eigenvalue weighted by Crippen LogP contribution is -2.14. The van der Waals surface area contributed by atoms with Crippen LogP contribution in [0.1, 0.15) is 41.0 Å². The molecule has 27 heavy (non-hydrogen) atoms. The SMILES string of the molecule is N#Cc1cc2c(c(Cl)c1OCCCl)CCCC2c1cnc2[nH]nc(Br)c2c1. The molecule has 2 aromatic heterocycles. The van der Waals surface area contributed by atoms with Crippen LogP contribution in [0.15, 0.2) is 22.9 Å². The third-order valence-corrected chi connectivity index (χ3v) is 6.05. The Morgan fingerprint density at radius 1 is 1.41 bits per heavy atom. The molecule has 0 aliphatic heterocycles. The Morgan fingerprint density at radius 3 is 3.04 bits per heavy atom. The average molecular weight is 466 g/mol. The van der Waals surface area contributed by atoms with Crippen LogP contribution in [0.3, 0.4) is 0 Å². The van der Waals surface area contributed by atoms with E-state index in [4.69, 9.17) is 27.9 Å². The predicted octanol–water partition coefficient (Wildman–Crippen LogP) is 5.33. The number of nitriles is 1. The third kappa shape index (κ3) is 3.29. The first kappa shape index (κ1) is 18.5. The zero-order valence-electron chi connectivity index (χ0n) is 14.2. The molecule has 0 saturated carbocycles. The molecule has 1 aliphatic carbocycles. The van der Waals surface area contributed by atoms with Crippen molar-refractivity contribution in [2.75, 3.05) is 12.5 Å². The number of nitrogens with one attached hydrogen (secondary N) is 1. The number of hydrogen-bond donors (Lipinski definition) is 1. The molecule has 1 aliphatic rings. The highest BCUT2D eigenvalue weighted by atomic mass is 79.9. The first-order chi connectivity index (χ1) is 13.1. The molecule has 2 heterocycles. The maximum Gasteiger partial charge on any atom is 0.156 e. The van der Waals surface area contributed by atoms with Crippen LogP contribution in [0.25, 0.3) is 11.0 Å². The zero-order chi connectivity index (χ0) is 19.0. The normalized spacial score (nSPS) is 16.1. The first-order valence-corrected chi connectivity index (χ1v) is 10.3. The van der Waals surface area contributed by atoms with Crippen molar-refractivity contribution in [3.8, 4) is 11.8 Å². The molecule has 8 heteroatoms. The number of fused-ring (bicyclic) bond motifs is 2. The number of pyridine rings is 1. The quantitative estimate of drug-likeness (QED) is 0.528. The molecule has 0 radical (unpaired) electrons. The summed E-state index contributed by atoms with van der Waals surface area (Å²) in [5.41, 5.74) is 4.38. The summed E-state index contributed by atoms with van der Waals surface area (Å²) in [6, 6.07) is 6.21. The summed E-state index contributed by atoms with van der Waals surface area (Å²) < 4.78 is 6.40. The number of aromatic nitrogens is 3. The maximum absolute atomic E-state index is 9.60. The Balaban J connectivity index is 1.83. The second-order valence-corrected chi connectivity index (χ2v) is 7.92. The Kier molecular flexibility index (Phi) is 5.27. The summed E-state index contributed by atoms with van der Waals surface area (Å²) in [7, 11) is 0. The summed E-state index contributed by atoms with van der Waals surface area (Å²) in [4.78, 5) is 4.49. The number of nitrogens with zero attached hydrogens (tertiary/aromatic N) is 3. The van der Waals surface area contributed by atoms with E-state index in [2.05, 4.69) is 43.2 Å². The fraction of sp³-hybridized carbons (Fsp3) is 0.316. The predicted molar refractivity (Wildman–Crippen MR) is 109 cm³/mol. The van der Waals surface area contributed by atoms with E-state index in [1.54, 1.807) is 0 Å². The molecule has 1 aromatic carbocycles. The van der Waals surface area contributed by atoms with E-state index in [1.807, 2.05) is 12.3 Å². The third-order valence-electron chi connectivity index (χ3n) is 4.89. The number of alkyl halides is 1. The summed E-state index contributed by atoms with van der Waals surface area (Å²) in [5, 5.41) is 18.1. The Bertz CT molecular complexity index is 1060. The van der Waals surface area contributed by atoms with Crippen LogP contribution in [-0.4, -0.2) is 27.7 Å². The van der Waals surface area contributed by atoms with Crippen LogP contribution in [0.4, 0.5) is 0 Å². The van der Waals surface area contributed by atoms with Gasteiger partial charge in [-0.05, 0) is 64.0 Å². The largest absolute Gasteiger partial charge is 0.489 e. The number of H-pyrrole nitrogens is 1. The molecular weight excluding hydrogens is 451 g/mol. The average Bonchev–Trinajstić information content (AvgIpc) is 3.07. The van der Waals surface area contributed by atoms with Gasteiger partial charge in [-0.15, -0.1) is 11.6 Å². The van der Waals surface area contributed by atoms with Crippen molar-refractivity contribution in [3.05, 3.63) is 50.2 Å². The van der Waals surface area contributed by atoms with E-state index in [-0.39, 0.29) is 5.92 Å². The van der Waals surface area contributed by atoms with Gasteiger partial charge in [0, 0.05) is 12.1 Å². The van der Waals surface area contributed by atoms with Crippen LogP contribution in [0, 0.1) is 11.3 Å². The maximum atomic E-state index is 9.60. The van der Waals surface area contributed by atoms with Crippen molar-refractivity contribution in [2.45, 2.75) is 25.2 Å². The Labute approximate surface area is 174 Å². The highest BCUT2D eigenvalue weighted by Crippen LogP contribution is 2.44. The fourth-order valence-corrected chi connectivity index (χ4v) is 4.51. The van der Waals surface area contributed by atoms with Crippen molar-refractivity contribution in [3.63, 3.8) is 0 Å². The molecular formula is C19H15BrCl2N4O.